The van der Waals surface area contributed by atoms with E-state index >= 15 is 0 Å². The molecule has 0 aliphatic carbocycles. The zero-order chi connectivity index (χ0) is 15.0. The Kier molecular flexibility index (Phi) is 7.41. The van der Waals surface area contributed by atoms with Gasteiger partial charge in [0.15, 0.2) is 0 Å². The molecule has 0 radical (unpaired) electrons. The minimum atomic E-state index is 0.0598. The molecule has 0 aliphatic rings. The van der Waals surface area contributed by atoms with Crippen LogP contribution in [0.3, 0.4) is 0 Å². The fourth-order valence-corrected chi connectivity index (χ4v) is 1.89. The highest BCUT2D eigenvalue weighted by Gasteiger charge is 2.07. The summed E-state index contributed by atoms with van der Waals surface area (Å²) in [7, 11) is 3.48. The fraction of sp³-hybridized carbons (Fsp3) is 0.533. The van der Waals surface area contributed by atoms with Crippen molar-refractivity contribution in [1.29, 1.82) is 0 Å². The third-order valence-electron chi connectivity index (χ3n) is 2.84. The third-order valence-corrected chi connectivity index (χ3v) is 3.07. The number of amides is 1. The third kappa shape index (κ3) is 5.80. The average Bonchev–Trinajstić information content (AvgIpc) is 2.41. The topological polar surface area (TPSA) is 41.6 Å². The van der Waals surface area contributed by atoms with E-state index in [9.17, 15) is 4.79 Å². The van der Waals surface area contributed by atoms with Crippen LogP contribution in [0.4, 0.5) is 0 Å². The maximum absolute atomic E-state index is 11.5. The quantitative estimate of drug-likeness (QED) is 0.750. The van der Waals surface area contributed by atoms with E-state index in [0.717, 1.165) is 24.3 Å². The molecule has 0 spiro atoms. The molecule has 4 nitrogen and oxygen atoms in total. The Hall–Kier alpha value is -1.26. The van der Waals surface area contributed by atoms with Crippen molar-refractivity contribution in [3.8, 4) is 5.75 Å². The number of rotatable bonds is 8. The van der Waals surface area contributed by atoms with Crippen molar-refractivity contribution < 1.29 is 9.53 Å². The minimum absolute atomic E-state index is 0.0598. The number of nitrogens with one attached hydrogen (secondary N) is 1. The van der Waals surface area contributed by atoms with Gasteiger partial charge in [-0.2, -0.15) is 0 Å². The summed E-state index contributed by atoms with van der Waals surface area (Å²) < 4.78 is 5.70. The number of carbonyl (C=O) groups is 1. The summed E-state index contributed by atoms with van der Waals surface area (Å²) in [6.07, 6.45) is 1.45. The van der Waals surface area contributed by atoms with Gasteiger partial charge in [-0.05, 0) is 31.2 Å². The first-order valence-corrected chi connectivity index (χ1v) is 7.24. The van der Waals surface area contributed by atoms with Crippen LogP contribution in [-0.4, -0.2) is 38.1 Å². The molecule has 0 saturated heterocycles. The van der Waals surface area contributed by atoms with Crippen molar-refractivity contribution in [1.82, 2.24) is 10.2 Å². The molecule has 1 aromatic carbocycles. The fourth-order valence-electron chi connectivity index (χ4n) is 1.70. The summed E-state index contributed by atoms with van der Waals surface area (Å²) in [4.78, 5) is 13.1. The molecule has 0 heterocycles. The highest BCUT2D eigenvalue weighted by Crippen LogP contribution is 2.23. The predicted molar refractivity (Wildman–Crippen MR) is 82.3 cm³/mol. The van der Waals surface area contributed by atoms with Gasteiger partial charge in [0.2, 0.25) is 5.91 Å². The molecule has 1 amide bonds. The monoisotopic (exact) mass is 298 g/mol. The Bertz CT molecular complexity index is 436. The number of benzene rings is 1. The Morgan fingerprint density at radius 3 is 2.80 bits per heavy atom. The lowest BCUT2D eigenvalue weighted by atomic mass is 10.2. The SMILES string of the molecule is CCCNCc1cc(Cl)ccc1OCCC(=O)N(C)C. The van der Waals surface area contributed by atoms with Crippen LogP contribution in [0, 0.1) is 0 Å². The molecule has 1 aromatic rings. The summed E-state index contributed by atoms with van der Waals surface area (Å²) in [5, 5.41) is 4.01. The Morgan fingerprint density at radius 1 is 1.40 bits per heavy atom. The predicted octanol–water partition coefficient (Wildman–Crippen LogP) is 2.70. The van der Waals surface area contributed by atoms with Crippen molar-refractivity contribution in [2.24, 2.45) is 0 Å². The summed E-state index contributed by atoms with van der Waals surface area (Å²) in [5.74, 6) is 0.842. The number of ether oxygens (including phenoxy) is 1. The van der Waals surface area contributed by atoms with Crippen LogP contribution in [-0.2, 0) is 11.3 Å². The highest BCUT2D eigenvalue weighted by molar-refractivity contribution is 6.30. The van der Waals surface area contributed by atoms with Gasteiger partial charge in [0.05, 0.1) is 13.0 Å². The Balaban J connectivity index is 2.57. The summed E-state index contributed by atoms with van der Waals surface area (Å²) >= 11 is 6.01. The molecule has 0 unspecified atom stereocenters. The van der Waals surface area contributed by atoms with E-state index in [0.29, 0.717) is 24.6 Å². The number of hydrogen-bond acceptors (Lipinski definition) is 3. The van der Waals surface area contributed by atoms with Gasteiger partial charge in [-0.15, -0.1) is 0 Å². The maximum atomic E-state index is 11.5. The van der Waals surface area contributed by atoms with Crippen molar-refractivity contribution in [3.05, 3.63) is 28.8 Å². The molecular weight excluding hydrogens is 276 g/mol. The first kappa shape index (κ1) is 16.8. The van der Waals surface area contributed by atoms with Gasteiger partial charge in [-0.3, -0.25) is 4.79 Å². The lowest BCUT2D eigenvalue weighted by Gasteiger charge is -2.14. The molecule has 1 N–H and O–H groups in total. The number of carbonyl (C=O) groups excluding carboxylic acids is 1. The largest absolute Gasteiger partial charge is 0.493 e. The van der Waals surface area contributed by atoms with Crippen molar-refractivity contribution in [3.63, 3.8) is 0 Å². The normalized spacial score (nSPS) is 10.4. The minimum Gasteiger partial charge on any atom is -0.493 e. The molecule has 0 aliphatic heterocycles. The van der Waals surface area contributed by atoms with Crippen molar-refractivity contribution in [2.75, 3.05) is 27.2 Å². The zero-order valence-corrected chi connectivity index (χ0v) is 13.2. The highest BCUT2D eigenvalue weighted by atomic mass is 35.5. The van der Waals surface area contributed by atoms with E-state index in [1.807, 2.05) is 12.1 Å². The number of halogens is 1. The van der Waals surface area contributed by atoms with Crippen LogP contribution >= 0.6 is 11.6 Å². The Morgan fingerprint density at radius 2 is 2.15 bits per heavy atom. The van der Waals surface area contributed by atoms with Crippen LogP contribution < -0.4 is 10.1 Å². The van der Waals surface area contributed by atoms with E-state index in [1.165, 1.54) is 0 Å². The molecule has 1 rings (SSSR count). The van der Waals surface area contributed by atoms with Gasteiger partial charge in [-0.1, -0.05) is 18.5 Å². The molecule has 0 bridgehead atoms. The van der Waals surface area contributed by atoms with E-state index in [1.54, 1.807) is 25.1 Å². The van der Waals surface area contributed by atoms with Crippen LogP contribution in [0.1, 0.15) is 25.3 Å². The smallest absolute Gasteiger partial charge is 0.225 e. The summed E-state index contributed by atoms with van der Waals surface area (Å²) in [6.45, 7) is 4.16. The second-order valence-electron chi connectivity index (χ2n) is 4.82. The second kappa shape index (κ2) is 8.82. The maximum Gasteiger partial charge on any atom is 0.225 e. The first-order valence-electron chi connectivity index (χ1n) is 6.86. The lowest BCUT2D eigenvalue weighted by Crippen LogP contribution is -2.23. The van der Waals surface area contributed by atoms with Crippen LogP contribution in [0.25, 0.3) is 0 Å². The molecule has 5 heteroatoms. The number of hydrogen-bond donors (Lipinski definition) is 1. The van der Waals surface area contributed by atoms with Crippen LogP contribution in [0.2, 0.25) is 5.02 Å². The van der Waals surface area contributed by atoms with Gasteiger partial charge in [-0.25, -0.2) is 0 Å². The van der Waals surface area contributed by atoms with E-state index in [4.69, 9.17) is 16.3 Å². The van der Waals surface area contributed by atoms with Crippen LogP contribution in [0.5, 0.6) is 5.75 Å². The van der Waals surface area contributed by atoms with Gasteiger partial charge in [0.25, 0.3) is 0 Å². The molecule has 0 aromatic heterocycles. The van der Waals surface area contributed by atoms with Crippen LogP contribution in [0.15, 0.2) is 18.2 Å². The zero-order valence-electron chi connectivity index (χ0n) is 12.4. The average molecular weight is 299 g/mol. The van der Waals surface area contributed by atoms with Gasteiger partial charge in [0, 0.05) is 31.2 Å². The lowest BCUT2D eigenvalue weighted by molar-refractivity contribution is -0.129. The summed E-state index contributed by atoms with van der Waals surface area (Å²) in [5.41, 5.74) is 1.02. The van der Waals surface area contributed by atoms with E-state index in [2.05, 4.69) is 12.2 Å². The number of nitrogens with zero attached hydrogens (tertiary/aromatic N) is 1. The van der Waals surface area contributed by atoms with E-state index in [-0.39, 0.29) is 5.91 Å². The molecular formula is C15H23ClN2O2. The molecule has 0 fully saturated rings. The molecule has 112 valence electrons. The van der Waals surface area contributed by atoms with E-state index < -0.39 is 0 Å². The molecule has 0 atom stereocenters. The first-order chi connectivity index (χ1) is 9.54. The summed E-state index contributed by atoms with van der Waals surface area (Å²) in [6, 6.07) is 5.55. The second-order valence-corrected chi connectivity index (χ2v) is 5.25. The standard InChI is InChI=1S/C15H23ClN2O2/c1-4-8-17-11-12-10-13(16)5-6-14(12)20-9-7-15(19)18(2)3/h5-6,10,17H,4,7-9,11H2,1-3H3. The molecule has 0 saturated carbocycles. The Labute approximate surface area is 126 Å². The van der Waals surface area contributed by atoms with Gasteiger partial charge in [0.1, 0.15) is 5.75 Å². The van der Waals surface area contributed by atoms with Gasteiger partial charge >= 0.3 is 0 Å². The molecule has 20 heavy (non-hydrogen) atoms. The van der Waals surface area contributed by atoms with Gasteiger partial charge < -0.3 is 15.0 Å². The van der Waals surface area contributed by atoms with Crippen molar-refractivity contribution >= 4 is 17.5 Å². The van der Waals surface area contributed by atoms with Crippen molar-refractivity contribution in [2.45, 2.75) is 26.3 Å².